The molecular weight excluding hydrogens is 134 g/mol. The van der Waals surface area contributed by atoms with Crippen molar-refractivity contribution in [3.05, 3.63) is 0 Å². The fourth-order valence-corrected chi connectivity index (χ4v) is 0.591. The normalized spacial score (nSPS) is 9.89. The van der Waals surface area contributed by atoms with Crippen LogP contribution in [0, 0.1) is 0 Å². The van der Waals surface area contributed by atoms with Crippen LogP contribution < -0.4 is 0 Å². The lowest BCUT2D eigenvalue weighted by Crippen LogP contribution is -2.27. The molecule has 1 amide bonds. The lowest BCUT2D eigenvalue weighted by Gasteiger charge is -2.18. The first kappa shape index (κ1) is 8.82. The van der Waals surface area contributed by atoms with Gasteiger partial charge in [-0.25, -0.2) is 0 Å². The largest absolute Gasteiger partial charge is 0.287 e. The summed E-state index contributed by atoms with van der Waals surface area (Å²) in [5.41, 5.74) is 0. The summed E-state index contributed by atoms with van der Waals surface area (Å²) in [4.78, 5) is 10.8. The van der Waals surface area contributed by atoms with Crippen LogP contribution in [0.4, 0.5) is 0 Å². The van der Waals surface area contributed by atoms with Crippen LogP contribution in [0.5, 0.6) is 0 Å². The maximum absolute atomic E-state index is 10.8. The van der Waals surface area contributed by atoms with E-state index in [1.54, 1.807) is 0 Å². The molecule has 0 aliphatic carbocycles. The standard InChI is InChI=1S/C6H13NOS/c1-4-6(8)7(9)5(2)3/h5,9H,4H2,1-3H3. The number of carbonyl (C=O) groups is 1. The fraction of sp³-hybridized carbons (Fsp3) is 0.833. The minimum atomic E-state index is 0.0772. The molecule has 0 aromatic carbocycles. The number of hydrogen-bond acceptors (Lipinski definition) is 2. The molecule has 0 heterocycles. The minimum absolute atomic E-state index is 0.0772. The number of hydrogen-bond donors (Lipinski definition) is 1. The Morgan fingerprint density at radius 3 is 2.22 bits per heavy atom. The zero-order chi connectivity index (χ0) is 7.44. The average molecular weight is 147 g/mol. The van der Waals surface area contributed by atoms with Gasteiger partial charge in [-0.1, -0.05) is 19.7 Å². The van der Waals surface area contributed by atoms with E-state index >= 15 is 0 Å². The van der Waals surface area contributed by atoms with Gasteiger partial charge in [-0.2, -0.15) is 0 Å². The summed E-state index contributed by atoms with van der Waals surface area (Å²) in [6.07, 6.45) is 0.529. The summed E-state index contributed by atoms with van der Waals surface area (Å²) in [5.74, 6) is 0.0772. The monoisotopic (exact) mass is 147 g/mol. The van der Waals surface area contributed by atoms with E-state index in [0.717, 1.165) is 0 Å². The van der Waals surface area contributed by atoms with Crippen LogP contribution in [-0.2, 0) is 4.79 Å². The smallest absolute Gasteiger partial charge is 0.232 e. The molecule has 0 aromatic rings. The second-order valence-electron chi connectivity index (χ2n) is 2.19. The molecule has 0 saturated carbocycles. The van der Waals surface area contributed by atoms with E-state index in [2.05, 4.69) is 12.8 Å². The van der Waals surface area contributed by atoms with Crippen molar-refractivity contribution in [2.24, 2.45) is 0 Å². The van der Waals surface area contributed by atoms with Crippen LogP contribution in [0.15, 0.2) is 0 Å². The molecule has 0 aliphatic heterocycles. The molecule has 0 aromatic heterocycles. The molecule has 0 bridgehead atoms. The van der Waals surface area contributed by atoms with Gasteiger partial charge in [-0.15, -0.1) is 0 Å². The molecule has 0 spiro atoms. The number of rotatable bonds is 2. The molecule has 3 heteroatoms. The second-order valence-corrected chi connectivity index (χ2v) is 2.62. The van der Waals surface area contributed by atoms with E-state index in [9.17, 15) is 4.79 Å². The summed E-state index contributed by atoms with van der Waals surface area (Å²) in [6.45, 7) is 5.69. The molecule has 54 valence electrons. The Hall–Kier alpha value is -0.180. The summed E-state index contributed by atoms with van der Waals surface area (Å²) >= 11 is 3.98. The number of amides is 1. The highest BCUT2D eigenvalue weighted by molar-refractivity contribution is 7.78. The van der Waals surface area contributed by atoms with Crippen molar-refractivity contribution in [3.8, 4) is 0 Å². The van der Waals surface area contributed by atoms with Crippen LogP contribution >= 0.6 is 12.8 Å². The second kappa shape index (κ2) is 3.77. The van der Waals surface area contributed by atoms with Gasteiger partial charge in [-0.3, -0.25) is 9.10 Å². The highest BCUT2D eigenvalue weighted by Crippen LogP contribution is 2.03. The number of carbonyl (C=O) groups excluding carboxylic acids is 1. The van der Waals surface area contributed by atoms with Gasteiger partial charge in [0.05, 0.1) is 0 Å². The van der Waals surface area contributed by atoms with Crippen molar-refractivity contribution in [1.29, 1.82) is 0 Å². The fourth-order valence-electron chi connectivity index (χ4n) is 0.450. The third-order valence-electron chi connectivity index (χ3n) is 1.05. The molecule has 0 N–H and O–H groups in total. The Kier molecular flexibility index (Phi) is 3.70. The molecule has 0 radical (unpaired) electrons. The Balaban J connectivity index is 3.72. The van der Waals surface area contributed by atoms with Crippen molar-refractivity contribution in [2.45, 2.75) is 33.2 Å². The number of nitrogens with zero attached hydrogens (tertiary/aromatic N) is 1. The highest BCUT2D eigenvalue weighted by atomic mass is 32.1. The first-order chi connectivity index (χ1) is 4.09. The van der Waals surface area contributed by atoms with Crippen molar-refractivity contribution in [1.82, 2.24) is 4.31 Å². The molecule has 0 fully saturated rings. The quantitative estimate of drug-likeness (QED) is 0.587. The first-order valence-corrected chi connectivity index (χ1v) is 3.50. The van der Waals surface area contributed by atoms with Crippen LogP contribution in [0.2, 0.25) is 0 Å². The summed E-state index contributed by atoms with van der Waals surface area (Å²) in [6, 6.07) is 0.195. The van der Waals surface area contributed by atoms with Crippen molar-refractivity contribution in [2.75, 3.05) is 0 Å². The van der Waals surface area contributed by atoms with E-state index in [0.29, 0.717) is 6.42 Å². The Morgan fingerprint density at radius 1 is 1.67 bits per heavy atom. The lowest BCUT2D eigenvalue weighted by atomic mass is 10.3. The van der Waals surface area contributed by atoms with Gasteiger partial charge >= 0.3 is 0 Å². The molecule has 0 rings (SSSR count). The SMILES string of the molecule is CCC(=O)N(S)C(C)C. The predicted octanol–water partition coefficient (Wildman–Crippen LogP) is 1.48. The molecule has 0 saturated heterocycles. The first-order valence-electron chi connectivity index (χ1n) is 3.10. The lowest BCUT2D eigenvalue weighted by molar-refractivity contribution is -0.126. The van der Waals surface area contributed by atoms with Crippen molar-refractivity contribution < 1.29 is 4.79 Å². The molecule has 0 atom stereocenters. The topological polar surface area (TPSA) is 20.3 Å². The van der Waals surface area contributed by atoms with Gasteiger partial charge in [-0.05, 0) is 13.8 Å². The van der Waals surface area contributed by atoms with Crippen LogP contribution in [0.1, 0.15) is 27.2 Å². The molecule has 0 aliphatic rings. The number of thiol groups is 1. The third kappa shape index (κ3) is 2.75. The van der Waals surface area contributed by atoms with Crippen LogP contribution in [0.25, 0.3) is 0 Å². The molecule has 0 unspecified atom stereocenters. The molecule has 9 heavy (non-hydrogen) atoms. The Morgan fingerprint density at radius 2 is 2.11 bits per heavy atom. The van der Waals surface area contributed by atoms with Crippen molar-refractivity contribution in [3.63, 3.8) is 0 Å². The zero-order valence-electron chi connectivity index (χ0n) is 6.09. The summed E-state index contributed by atoms with van der Waals surface area (Å²) in [7, 11) is 0. The zero-order valence-corrected chi connectivity index (χ0v) is 6.98. The highest BCUT2D eigenvalue weighted by Gasteiger charge is 2.08. The van der Waals surface area contributed by atoms with Crippen molar-refractivity contribution >= 4 is 18.7 Å². The van der Waals surface area contributed by atoms with Crippen LogP contribution in [0.3, 0.4) is 0 Å². The Labute approximate surface area is 61.8 Å². The van der Waals surface area contributed by atoms with E-state index in [4.69, 9.17) is 0 Å². The van der Waals surface area contributed by atoms with Crippen LogP contribution in [-0.4, -0.2) is 16.3 Å². The Bertz CT molecular complexity index is 103. The van der Waals surface area contributed by atoms with E-state index < -0.39 is 0 Å². The predicted molar refractivity (Wildman–Crippen MR) is 41.3 cm³/mol. The van der Waals surface area contributed by atoms with Gasteiger partial charge in [0.1, 0.15) is 0 Å². The summed E-state index contributed by atoms with van der Waals surface area (Å²) < 4.78 is 1.44. The molecule has 2 nitrogen and oxygen atoms in total. The minimum Gasteiger partial charge on any atom is -0.287 e. The maximum atomic E-state index is 10.8. The van der Waals surface area contributed by atoms with E-state index in [-0.39, 0.29) is 11.9 Å². The van der Waals surface area contributed by atoms with Gasteiger partial charge in [0.15, 0.2) is 0 Å². The van der Waals surface area contributed by atoms with Gasteiger partial charge in [0, 0.05) is 12.5 Å². The van der Waals surface area contributed by atoms with E-state index in [1.807, 2.05) is 20.8 Å². The maximum Gasteiger partial charge on any atom is 0.232 e. The van der Waals surface area contributed by atoms with Gasteiger partial charge in [0.25, 0.3) is 0 Å². The molecular formula is C6H13NOS. The van der Waals surface area contributed by atoms with Gasteiger partial charge in [0.2, 0.25) is 5.91 Å². The third-order valence-corrected chi connectivity index (χ3v) is 1.73. The summed E-state index contributed by atoms with van der Waals surface area (Å²) in [5, 5.41) is 0. The average Bonchev–Trinajstić information content (AvgIpc) is 1.84. The van der Waals surface area contributed by atoms with E-state index in [1.165, 1.54) is 4.31 Å². The van der Waals surface area contributed by atoms with Gasteiger partial charge < -0.3 is 0 Å².